The van der Waals surface area contributed by atoms with Gasteiger partial charge in [0.25, 0.3) is 5.91 Å². The van der Waals surface area contributed by atoms with Crippen LogP contribution in [-0.4, -0.2) is 20.7 Å². The average molecular weight is 451 g/mol. The van der Waals surface area contributed by atoms with Gasteiger partial charge in [-0.15, -0.1) is 0 Å². The molecule has 0 aliphatic heterocycles. The lowest BCUT2D eigenvalue weighted by atomic mass is 10.2. The molecule has 2 aromatic carbocycles. The van der Waals surface area contributed by atoms with E-state index in [-0.39, 0.29) is 5.56 Å². The standard InChI is InChI=1S/C22H15ClN4O3S/c1-11-7-8-15(23)19-18(11)25-22(31-19)27-17(9-12(2)26-27)24-20(28)14-10-13-5-3-4-6-16(13)30-21(14)29/h3-10H,1-2H3,(H,24,28). The van der Waals surface area contributed by atoms with Gasteiger partial charge < -0.3 is 9.73 Å². The number of hydrogen-bond donors (Lipinski definition) is 1. The van der Waals surface area contributed by atoms with Gasteiger partial charge in [0.05, 0.1) is 20.9 Å². The summed E-state index contributed by atoms with van der Waals surface area (Å²) < 4.78 is 7.66. The van der Waals surface area contributed by atoms with Crippen LogP contribution in [0.15, 0.2) is 57.7 Å². The van der Waals surface area contributed by atoms with E-state index in [1.165, 1.54) is 22.1 Å². The largest absolute Gasteiger partial charge is 0.422 e. The van der Waals surface area contributed by atoms with E-state index in [0.717, 1.165) is 15.8 Å². The number of carbonyl (C=O) groups excluding carboxylic acids is 1. The molecule has 5 rings (SSSR count). The minimum atomic E-state index is -0.707. The first-order valence-electron chi connectivity index (χ1n) is 9.37. The first-order chi connectivity index (χ1) is 14.9. The minimum absolute atomic E-state index is 0.0905. The molecule has 0 spiro atoms. The van der Waals surface area contributed by atoms with Gasteiger partial charge >= 0.3 is 5.63 Å². The van der Waals surface area contributed by atoms with E-state index in [9.17, 15) is 9.59 Å². The summed E-state index contributed by atoms with van der Waals surface area (Å²) in [6.45, 7) is 3.76. The Hall–Kier alpha value is -3.49. The highest BCUT2D eigenvalue weighted by Gasteiger charge is 2.19. The molecule has 0 unspecified atom stereocenters. The number of aryl methyl sites for hydroxylation is 2. The number of para-hydroxylation sites is 1. The molecule has 0 fully saturated rings. The van der Waals surface area contributed by atoms with Gasteiger partial charge in [0, 0.05) is 11.5 Å². The van der Waals surface area contributed by atoms with Gasteiger partial charge in [0.2, 0.25) is 5.13 Å². The van der Waals surface area contributed by atoms with Crippen molar-refractivity contribution in [2.24, 2.45) is 0 Å². The number of hydrogen-bond acceptors (Lipinski definition) is 6. The molecule has 0 bridgehead atoms. The Morgan fingerprint density at radius 1 is 1.16 bits per heavy atom. The number of halogens is 1. The summed E-state index contributed by atoms with van der Waals surface area (Å²) in [7, 11) is 0. The summed E-state index contributed by atoms with van der Waals surface area (Å²) >= 11 is 7.70. The summed E-state index contributed by atoms with van der Waals surface area (Å²) in [6, 6.07) is 14.0. The van der Waals surface area contributed by atoms with E-state index in [0.29, 0.717) is 32.6 Å². The Balaban J connectivity index is 1.56. The zero-order valence-electron chi connectivity index (χ0n) is 16.5. The molecular formula is C22H15ClN4O3S. The highest BCUT2D eigenvalue weighted by molar-refractivity contribution is 7.21. The Kier molecular flexibility index (Phi) is 4.60. The second-order valence-corrected chi connectivity index (χ2v) is 8.45. The van der Waals surface area contributed by atoms with Crippen molar-refractivity contribution in [3.63, 3.8) is 0 Å². The summed E-state index contributed by atoms with van der Waals surface area (Å²) in [5.74, 6) is -0.195. The maximum Gasteiger partial charge on any atom is 0.349 e. The Morgan fingerprint density at radius 3 is 2.77 bits per heavy atom. The monoisotopic (exact) mass is 450 g/mol. The number of aromatic nitrogens is 3. The number of carbonyl (C=O) groups is 1. The minimum Gasteiger partial charge on any atom is -0.422 e. The number of amides is 1. The fraction of sp³-hybridized carbons (Fsp3) is 0.0909. The lowest BCUT2D eigenvalue weighted by Crippen LogP contribution is -2.22. The molecule has 0 saturated heterocycles. The normalized spacial score (nSPS) is 11.3. The van der Waals surface area contributed by atoms with Crippen molar-refractivity contribution in [1.82, 2.24) is 14.8 Å². The molecule has 9 heteroatoms. The zero-order valence-corrected chi connectivity index (χ0v) is 18.0. The van der Waals surface area contributed by atoms with E-state index in [1.807, 2.05) is 32.0 Å². The number of nitrogens with zero attached hydrogens (tertiary/aromatic N) is 3. The number of benzene rings is 2. The number of thiazole rings is 1. The Bertz CT molecular complexity index is 1510. The van der Waals surface area contributed by atoms with Crippen LogP contribution in [0.4, 0.5) is 5.82 Å². The second kappa shape index (κ2) is 7.33. The molecule has 3 heterocycles. The molecule has 0 atom stereocenters. The molecule has 0 aliphatic rings. The van der Waals surface area contributed by atoms with E-state index < -0.39 is 11.5 Å². The van der Waals surface area contributed by atoms with Crippen LogP contribution in [0.3, 0.4) is 0 Å². The van der Waals surface area contributed by atoms with Crippen LogP contribution in [0.5, 0.6) is 0 Å². The van der Waals surface area contributed by atoms with Crippen molar-refractivity contribution in [2.45, 2.75) is 13.8 Å². The van der Waals surface area contributed by atoms with Gasteiger partial charge in [0.15, 0.2) is 0 Å². The van der Waals surface area contributed by atoms with Crippen LogP contribution in [0.2, 0.25) is 5.02 Å². The van der Waals surface area contributed by atoms with Crippen LogP contribution < -0.4 is 10.9 Å². The van der Waals surface area contributed by atoms with E-state index in [4.69, 9.17) is 16.0 Å². The third-order valence-electron chi connectivity index (χ3n) is 4.83. The molecule has 1 amide bonds. The lowest BCUT2D eigenvalue weighted by molar-refractivity contribution is 0.102. The predicted octanol–water partition coefficient (Wildman–Crippen LogP) is 5.11. The average Bonchev–Trinajstić information content (AvgIpc) is 3.34. The first-order valence-corrected chi connectivity index (χ1v) is 10.6. The van der Waals surface area contributed by atoms with E-state index >= 15 is 0 Å². The number of fused-ring (bicyclic) bond motifs is 2. The lowest BCUT2D eigenvalue weighted by Gasteiger charge is -2.06. The quantitative estimate of drug-likeness (QED) is 0.386. The molecule has 0 radical (unpaired) electrons. The second-order valence-electron chi connectivity index (χ2n) is 7.06. The maximum absolute atomic E-state index is 12.9. The highest BCUT2D eigenvalue weighted by Crippen LogP contribution is 2.34. The van der Waals surface area contributed by atoms with Crippen molar-refractivity contribution in [3.8, 4) is 5.13 Å². The zero-order chi connectivity index (χ0) is 21.7. The van der Waals surface area contributed by atoms with Gasteiger partial charge in [-0.3, -0.25) is 4.79 Å². The summed E-state index contributed by atoms with van der Waals surface area (Å²) in [4.78, 5) is 29.9. The predicted molar refractivity (Wildman–Crippen MR) is 122 cm³/mol. The van der Waals surface area contributed by atoms with Crippen molar-refractivity contribution < 1.29 is 9.21 Å². The van der Waals surface area contributed by atoms with Crippen molar-refractivity contribution >= 4 is 55.8 Å². The smallest absolute Gasteiger partial charge is 0.349 e. The maximum atomic E-state index is 12.9. The number of rotatable bonds is 3. The number of anilines is 1. The highest BCUT2D eigenvalue weighted by atomic mass is 35.5. The third kappa shape index (κ3) is 3.39. The van der Waals surface area contributed by atoms with Gasteiger partial charge in [-0.1, -0.05) is 47.2 Å². The molecule has 7 nitrogen and oxygen atoms in total. The first kappa shape index (κ1) is 19.5. The fourth-order valence-corrected chi connectivity index (χ4v) is 4.60. The molecule has 3 aromatic heterocycles. The molecule has 0 saturated carbocycles. The number of nitrogens with one attached hydrogen (secondary N) is 1. The van der Waals surface area contributed by atoms with Crippen molar-refractivity contribution in [3.05, 3.63) is 80.8 Å². The SMILES string of the molecule is Cc1cc(NC(=O)c2cc3ccccc3oc2=O)n(-c2nc3c(C)ccc(Cl)c3s2)n1. The molecular weight excluding hydrogens is 436 g/mol. The van der Waals surface area contributed by atoms with Crippen LogP contribution >= 0.6 is 22.9 Å². The molecule has 31 heavy (non-hydrogen) atoms. The van der Waals surface area contributed by atoms with Gasteiger partial charge in [-0.05, 0) is 37.6 Å². The third-order valence-corrected chi connectivity index (χ3v) is 6.32. The topological polar surface area (TPSA) is 90.0 Å². The van der Waals surface area contributed by atoms with Gasteiger partial charge in [-0.2, -0.15) is 9.78 Å². The van der Waals surface area contributed by atoms with Crippen LogP contribution in [0.1, 0.15) is 21.6 Å². The van der Waals surface area contributed by atoms with Gasteiger partial charge in [0.1, 0.15) is 17.0 Å². The van der Waals surface area contributed by atoms with Crippen molar-refractivity contribution in [1.29, 1.82) is 0 Å². The summed E-state index contributed by atoms with van der Waals surface area (Å²) in [6.07, 6.45) is 0. The van der Waals surface area contributed by atoms with E-state index in [1.54, 1.807) is 24.3 Å². The van der Waals surface area contributed by atoms with Gasteiger partial charge in [-0.25, -0.2) is 9.78 Å². The van der Waals surface area contributed by atoms with Crippen LogP contribution in [-0.2, 0) is 0 Å². The van der Waals surface area contributed by atoms with E-state index in [2.05, 4.69) is 15.4 Å². The summed E-state index contributed by atoms with van der Waals surface area (Å²) in [5, 5.41) is 9.04. The Labute approximate surface area is 184 Å². The van der Waals surface area contributed by atoms with Crippen LogP contribution in [0.25, 0.3) is 26.3 Å². The molecule has 1 N–H and O–H groups in total. The molecule has 5 aromatic rings. The van der Waals surface area contributed by atoms with Crippen LogP contribution in [0, 0.1) is 13.8 Å². The van der Waals surface area contributed by atoms with Crippen molar-refractivity contribution in [2.75, 3.05) is 5.32 Å². The molecule has 0 aliphatic carbocycles. The fourth-order valence-electron chi connectivity index (χ4n) is 3.32. The summed E-state index contributed by atoms with van der Waals surface area (Å²) in [5.41, 5.74) is 2.08. The Morgan fingerprint density at radius 2 is 1.97 bits per heavy atom. The molecule has 154 valence electrons.